The Morgan fingerprint density at radius 3 is 2.48 bits per heavy atom. The van der Waals surface area contributed by atoms with E-state index in [1.807, 2.05) is 26.0 Å². The minimum Gasteiger partial charge on any atom is -0.481 e. The molecule has 246 valence electrons. The highest BCUT2D eigenvalue weighted by molar-refractivity contribution is 5.99. The standard InChI is InChI=1S/C31H51N7O6/c1-8-24(20(2)17-37(5)6)21-10-9-11-23(14-21)44-29(43)38(7)19-30(3,4)18-35-27(42)31(36-25(39)15-26(40)41)16-22(31)12-13-34-28(32)33/h9-11,14,20,22,24H,8,12-13,15-19H2,1-7H3,(H,35,42)(H,36,39)(H,40,41)(H4,32,33,34)/t20-,22?,24+,31?/m0/s1. The van der Waals surface area contributed by atoms with Crippen molar-refractivity contribution in [3.8, 4) is 5.75 Å². The number of rotatable bonds is 17. The zero-order valence-corrected chi connectivity index (χ0v) is 27.2. The SMILES string of the molecule is CC[C@@H](c1cccc(OC(=O)N(C)CC(C)(C)CNC(=O)C2(NC(=O)CC(=O)O)CC2CCN=C(N)N)c1)[C@@H](C)CN(C)C. The number of nitrogens with two attached hydrogens (primary N) is 2. The number of ether oxygens (including phenoxy) is 1. The van der Waals surface area contributed by atoms with E-state index in [-0.39, 0.29) is 31.5 Å². The van der Waals surface area contributed by atoms with Crippen LogP contribution in [0.3, 0.4) is 0 Å². The van der Waals surface area contributed by atoms with Crippen molar-refractivity contribution < 1.29 is 29.0 Å². The Kier molecular flexibility index (Phi) is 13.0. The third-order valence-corrected chi connectivity index (χ3v) is 7.93. The van der Waals surface area contributed by atoms with Crippen LogP contribution in [0.2, 0.25) is 0 Å². The number of carboxylic acid groups (broad SMARTS) is 1. The van der Waals surface area contributed by atoms with Gasteiger partial charge in [0.25, 0.3) is 0 Å². The summed E-state index contributed by atoms with van der Waals surface area (Å²) in [6.45, 7) is 9.86. The van der Waals surface area contributed by atoms with Crippen molar-refractivity contribution in [2.45, 2.75) is 64.8 Å². The molecule has 7 N–H and O–H groups in total. The Hall–Kier alpha value is -3.87. The van der Waals surface area contributed by atoms with Crippen molar-refractivity contribution >= 4 is 29.8 Å². The fourth-order valence-corrected chi connectivity index (χ4v) is 5.84. The van der Waals surface area contributed by atoms with Crippen LogP contribution in [0.1, 0.15) is 64.9 Å². The Morgan fingerprint density at radius 2 is 1.89 bits per heavy atom. The predicted octanol–water partition coefficient (Wildman–Crippen LogP) is 1.96. The molecule has 4 atom stereocenters. The van der Waals surface area contributed by atoms with E-state index in [1.54, 1.807) is 13.1 Å². The minimum absolute atomic E-state index is 0.0764. The highest BCUT2D eigenvalue weighted by atomic mass is 16.6. The molecule has 13 heteroatoms. The number of hydrogen-bond donors (Lipinski definition) is 5. The predicted molar refractivity (Wildman–Crippen MR) is 169 cm³/mol. The summed E-state index contributed by atoms with van der Waals surface area (Å²) in [5.41, 5.74) is 10.1. The number of aliphatic imine (C=N–C) groups is 1. The lowest BCUT2D eigenvalue weighted by molar-refractivity contribution is -0.142. The third-order valence-electron chi connectivity index (χ3n) is 7.93. The maximum absolute atomic E-state index is 13.3. The van der Waals surface area contributed by atoms with E-state index in [9.17, 15) is 19.2 Å². The largest absolute Gasteiger partial charge is 0.481 e. The molecular formula is C31H51N7O6. The van der Waals surface area contributed by atoms with Gasteiger partial charge in [0.15, 0.2) is 5.96 Å². The quantitative estimate of drug-likeness (QED) is 0.0987. The molecule has 0 bridgehead atoms. The molecule has 0 aliphatic heterocycles. The second-order valence-electron chi connectivity index (χ2n) is 13.0. The van der Waals surface area contributed by atoms with Gasteiger partial charge in [0.05, 0.1) is 0 Å². The van der Waals surface area contributed by atoms with Gasteiger partial charge in [-0.3, -0.25) is 19.4 Å². The minimum atomic E-state index is -1.29. The van der Waals surface area contributed by atoms with E-state index in [1.165, 1.54) is 4.90 Å². The zero-order valence-electron chi connectivity index (χ0n) is 27.2. The van der Waals surface area contributed by atoms with Crippen LogP contribution in [0.4, 0.5) is 4.79 Å². The van der Waals surface area contributed by atoms with Crippen molar-refractivity contribution in [2.24, 2.45) is 33.7 Å². The number of hydrogen-bond acceptors (Lipinski definition) is 7. The topological polar surface area (TPSA) is 193 Å². The van der Waals surface area contributed by atoms with Crippen LogP contribution in [0.15, 0.2) is 29.3 Å². The number of nitrogens with one attached hydrogen (secondary N) is 2. The van der Waals surface area contributed by atoms with E-state index in [0.29, 0.717) is 30.4 Å². The summed E-state index contributed by atoms with van der Waals surface area (Å²) in [4.78, 5) is 57.2. The average molecular weight is 618 g/mol. The molecule has 1 aliphatic rings. The van der Waals surface area contributed by atoms with Gasteiger partial charge >= 0.3 is 12.1 Å². The Bertz CT molecular complexity index is 1200. The number of aliphatic carboxylic acids is 1. The normalized spacial score (nSPS) is 19.0. The lowest BCUT2D eigenvalue weighted by atomic mass is 9.85. The van der Waals surface area contributed by atoms with Crippen LogP contribution in [-0.4, -0.2) is 97.6 Å². The smallest absolute Gasteiger partial charge is 0.414 e. The number of amides is 3. The Morgan fingerprint density at radius 1 is 1.20 bits per heavy atom. The lowest BCUT2D eigenvalue weighted by Gasteiger charge is -2.31. The highest BCUT2D eigenvalue weighted by Crippen LogP contribution is 2.46. The van der Waals surface area contributed by atoms with Crippen molar-refractivity contribution in [3.63, 3.8) is 0 Å². The molecule has 44 heavy (non-hydrogen) atoms. The summed E-state index contributed by atoms with van der Waals surface area (Å²) < 4.78 is 5.72. The second-order valence-corrected chi connectivity index (χ2v) is 13.0. The Labute approximate surface area is 260 Å². The number of carboxylic acids is 1. The molecule has 1 aliphatic carbocycles. The monoisotopic (exact) mass is 617 g/mol. The van der Waals surface area contributed by atoms with Crippen LogP contribution >= 0.6 is 0 Å². The van der Waals surface area contributed by atoms with E-state index in [0.717, 1.165) is 18.5 Å². The van der Waals surface area contributed by atoms with Gasteiger partial charge < -0.3 is 41.7 Å². The number of guanidine groups is 1. The molecule has 0 saturated heterocycles. The van der Waals surface area contributed by atoms with Crippen molar-refractivity contribution in [3.05, 3.63) is 29.8 Å². The third kappa shape index (κ3) is 11.0. The van der Waals surface area contributed by atoms with Gasteiger partial charge in [-0.2, -0.15) is 0 Å². The molecule has 2 rings (SSSR count). The van der Waals surface area contributed by atoms with E-state index in [2.05, 4.69) is 54.5 Å². The van der Waals surface area contributed by atoms with Crippen molar-refractivity contribution in [2.75, 3.05) is 47.3 Å². The van der Waals surface area contributed by atoms with Crippen LogP contribution in [0, 0.1) is 17.3 Å². The van der Waals surface area contributed by atoms with E-state index in [4.69, 9.17) is 21.3 Å². The summed E-state index contributed by atoms with van der Waals surface area (Å²) in [5, 5.41) is 14.5. The van der Waals surface area contributed by atoms with Gasteiger partial charge in [0.1, 0.15) is 17.7 Å². The first kappa shape index (κ1) is 36.3. The fraction of sp³-hybridized carbons (Fsp3) is 0.645. The number of nitrogens with zero attached hydrogens (tertiary/aromatic N) is 3. The van der Waals surface area contributed by atoms with Crippen molar-refractivity contribution in [1.82, 2.24) is 20.4 Å². The summed E-state index contributed by atoms with van der Waals surface area (Å²) in [7, 11) is 5.75. The average Bonchev–Trinajstić information content (AvgIpc) is 3.59. The van der Waals surface area contributed by atoms with Gasteiger partial charge in [-0.25, -0.2) is 4.79 Å². The summed E-state index contributed by atoms with van der Waals surface area (Å²) >= 11 is 0. The number of benzene rings is 1. The molecule has 0 spiro atoms. The molecule has 1 aromatic carbocycles. The van der Waals surface area contributed by atoms with Gasteiger partial charge in [0, 0.05) is 33.2 Å². The number of carbonyl (C=O) groups excluding carboxylic acids is 3. The first-order valence-electron chi connectivity index (χ1n) is 15.0. The molecule has 1 fully saturated rings. The maximum Gasteiger partial charge on any atom is 0.414 e. The van der Waals surface area contributed by atoms with Crippen LogP contribution in [-0.2, 0) is 14.4 Å². The molecule has 0 heterocycles. The molecule has 1 aromatic rings. The summed E-state index contributed by atoms with van der Waals surface area (Å²) in [6, 6.07) is 7.65. The zero-order chi connectivity index (χ0) is 33.2. The van der Waals surface area contributed by atoms with Crippen LogP contribution in [0.25, 0.3) is 0 Å². The highest BCUT2D eigenvalue weighted by Gasteiger charge is 2.60. The van der Waals surface area contributed by atoms with Gasteiger partial charge in [-0.15, -0.1) is 0 Å². The molecule has 0 aromatic heterocycles. The summed E-state index contributed by atoms with van der Waals surface area (Å²) in [6.07, 6.45) is 0.475. The van der Waals surface area contributed by atoms with E-state index >= 15 is 0 Å². The Balaban J connectivity index is 2.01. The summed E-state index contributed by atoms with van der Waals surface area (Å²) in [5.74, 6) is -1.57. The van der Waals surface area contributed by atoms with E-state index < -0.39 is 41.3 Å². The molecule has 13 nitrogen and oxygen atoms in total. The molecule has 3 amide bonds. The lowest BCUT2D eigenvalue weighted by Crippen LogP contribution is -2.53. The van der Waals surface area contributed by atoms with Crippen LogP contribution < -0.4 is 26.8 Å². The molecular weight excluding hydrogens is 566 g/mol. The first-order valence-corrected chi connectivity index (χ1v) is 15.0. The molecule has 0 radical (unpaired) electrons. The van der Waals surface area contributed by atoms with Crippen molar-refractivity contribution in [1.29, 1.82) is 0 Å². The van der Waals surface area contributed by atoms with Crippen LogP contribution in [0.5, 0.6) is 5.75 Å². The number of carbonyl (C=O) groups is 4. The first-order chi connectivity index (χ1) is 20.5. The molecule has 2 unspecified atom stereocenters. The maximum atomic E-state index is 13.3. The fourth-order valence-electron chi connectivity index (χ4n) is 5.84. The second kappa shape index (κ2) is 15.7. The van der Waals surface area contributed by atoms with Gasteiger partial charge in [-0.1, -0.05) is 39.8 Å². The van der Waals surface area contributed by atoms with Gasteiger partial charge in [-0.05, 0) is 74.2 Å². The molecule has 1 saturated carbocycles. The van der Waals surface area contributed by atoms with Gasteiger partial charge in [0.2, 0.25) is 11.8 Å².